The van der Waals surface area contributed by atoms with Gasteiger partial charge in [0, 0.05) is 18.3 Å². The monoisotopic (exact) mass is 261 g/mol. The molecule has 0 aliphatic carbocycles. The predicted octanol–water partition coefficient (Wildman–Crippen LogP) is 2.47. The fourth-order valence-corrected chi connectivity index (χ4v) is 2.68. The molecule has 0 saturated carbocycles. The van der Waals surface area contributed by atoms with E-state index in [0.717, 1.165) is 5.76 Å². The van der Waals surface area contributed by atoms with E-state index >= 15 is 0 Å². The van der Waals surface area contributed by atoms with Crippen molar-refractivity contribution in [2.45, 2.75) is 18.3 Å². The summed E-state index contributed by atoms with van der Waals surface area (Å²) in [5.74, 6) is 1.06. The van der Waals surface area contributed by atoms with Gasteiger partial charge in [-0.05, 0) is 19.1 Å². The maximum absolute atomic E-state index is 12.0. The Morgan fingerprint density at radius 3 is 2.94 bits per heavy atom. The lowest BCUT2D eigenvalue weighted by Gasteiger charge is -2.18. The number of halogens is 2. The summed E-state index contributed by atoms with van der Waals surface area (Å²) in [7, 11) is 0. The Morgan fingerprint density at radius 2 is 2.44 bits per heavy atom. The molecule has 0 radical (unpaired) electrons. The highest BCUT2D eigenvalue weighted by Crippen LogP contribution is 2.36. The van der Waals surface area contributed by atoms with E-state index in [9.17, 15) is 4.79 Å². The van der Waals surface area contributed by atoms with Crippen molar-refractivity contribution >= 4 is 29.1 Å². The van der Waals surface area contributed by atoms with Gasteiger partial charge >= 0.3 is 0 Å². The van der Waals surface area contributed by atoms with Crippen LogP contribution in [0.1, 0.15) is 12.7 Å². The van der Waals surface area contributed by atoms with Crippen LogP contribution in [0.3, 0.4) is 0 Å². The van der Waals surface area contributed by atoms with Gasteiger partial charge in [-0.3, -0.25) is 4.79 Å². The highest BCUT2D eigenvalue weighted by Gasteiger charge is 2.48. The van der Waals surface area contributed by atoms with Crippen molar-refractivity contribution in [2.24, 2.45) is 5.92 Å². The van der Waals surface area contributed by atoms with Crippen molar-refractivity contribution in [3.63, 3.8) is 0 Å². The quantitative estimate of drug-likeness (QED) is 0.784. The van der Waals surface area contributed by atoms with Gasteiger partial charge in [0.1, 0.15) is 10.6 Å². The van der Waals surface area contributed by atoms with E-state index < -0.39 is 4.87 Å². The summed E-state index contributed by atoms with van der Waals surface area (Å²) in [6, 6.07) is 3.64. The number of nitrogens with zero attached hydrogens (tertiary/aromatic N) is 1. The van der Waals surface area contributed by atoms with Gasteiger partial charge in [0.15, 0.2) is 0 Å². The topological polar surface area (TPSA) is 33.5 Å². The molecule has 1 amide bonds. The van der Waals surface area contributed by atoms with E-state index in [-0.39, 0.29) is 11.8 Å². The summed E-state index contributed by atoms with van der Waals surface area (Å²) in [5.41, 5.74) is 0. The number of carbonyl (C=O) groups is 1. The van der Waals surface area contributed by atoms with Crippen LogP contribution in [0.15, 0.2) is 22.8 Å². The molecular weight excluding hydrogens is 249 g/mol. The van der Waals surface area contributed by atoms with E-state index in [0.29, 0.717) is 19.0 Å². The number of rotatable bonds is 3. The van der Waals surface area contributed by atoms with Crippen LogP contribution in [0, 0.1) is 5.92 Å². The molecule has 1 aromatic heterocycles. The van der Waals surface area contributed by atoms with Gasteiger partial charge < -0.3 is 9.32 Å². The predicted molar refractivity (Wildman–Crippen MR) is 62.6 cm³/mol. The van der Waals surface area contributed by atoms with Gasteiger partial charge in [-0.1, -0.05) is 0 Å². The lowest BCUT2D eigenvalue weighted by atomic mass is 9.99. The van der Waals surface area contributed by atoms with E-state index in [1.54, 1.807) is 24.2 Å². The Balaban J connectivity index is 2.11. The Morgan fingerprint density at radius 1 is 1.69 bits per heavy atom. The van der Waals surface area contributed by atoms with Crippen LogP contribution >= 0.6 is 23.2 Å². The normalized spacial score (nSPS) is 30.1. The van der Waals surface area contributed by atoms with Crippen LogP contribution in [-0.2, 0) is 11.3 Å². The Bertz CT molecular complexity index is 375. The highest BCUT2D eigenvalue weighted by molar-refractivity contribution is 6.36. The molecule has 1 fully saturated rings. The van der Waals surface area contributed by atoms with Crippen LogP contribution in [0.25, 0.3) is 0 Å². The highest BCUT2D eigenvalue weighted by atomic mass is 35.5. The Hall–Kier alpha value is -0.670. The molecular formula is C11H13Cl2NO2. The van der Waals surface area contributed by atoms with Crippen molar-refractivity contribution in [1.29, 1.82) is 0 Å². The number of hydrogen-bond donors (Lipinski definition) is 0. The van der Waals surface area contributed by atoms with Crippen LogP contribution in [-0.4, -0.2) is 28.1 Å². The molecule has 5 heteroatoms. The number of alkyl halides is 2. The van der Waals surface area contributed by atoms with Gasteiger partial charge in [-0.2, -0.15) is 0 Å². The number of likely N-dealkylation sites (tertiary alicyclic amines) is 1. The molecule has 1 aliphatic rings. The largest absolute Gasteiger partial charge is 0.467 e. The molecule has 0 unspecified atom stereocenters. The first-order valence-electron chi connectivity index (χ1n) is 5.12. The molecule has 0 N–H and O–H groups in total. The standard InChI is InChI=1S/C11H13Cl2NO2/c1-11(13)8(5-12)6-14(10(11)15)7-9-3-2-4-16-9/h2-4,8H,5-7H2,1H3/t8-,11+/m1/s1. The minimum absolute atomic E-state index is 0.0155. The van der Waals surface area contributed by atoms with Gasteiger partial charge in [-0.15, -0.1) is 23.2 Å². The second-order valence-corrected chi connectivity index (χ2v) is 5.29. The van der Waals surface area contributed by atoms with Crippen molar-refractivity contribution < 1.29 is 9.21 Å². The Kier molecular flexibility index (Phi) is 3.17. The molecule has 1 aromatic rings. The third-order valence-electron chi connectivity index (χ3n) is 3.03. The maximum Gasteiger partial charge on any atom is 0.244 e. The Labute approximate surface area is 104 Å². The molecule has 3 nitrogen and oxygen atoms in total. The van der Waals surface area contributed by atoms with Crippen molar-refractivity contribution in [1.82, 2.24) is 4.90 Å². The van der Waals surface area contributed by atoms with E-state index in [1.165, 1.54) is 0 Å². The van der Waals surface area contributed by atoms with E-state index in [4.69, 9.17) is 27.6 Å². The summed E-state index contributed by atoms with van der Waals surface area (Å²) < 4.78 is 5.21. The smallest absolute Gasteiger partial charge is 0.244 e. The van der Waals surface area contributed by atoms with Crippen molar-refractivity contribution in [3.8, 4) is 0 Å². The van der Waals surface area contributed by atoms with E-state index in [1.807, 2.05) is 6.07 Å². The molecule has 1 saturated heterocycles. The zero-order valence-corrected chi connectivity index (χ0v) is 10.5. The molecule has 16 heavy (non-hydrogen) atoms. The average Bonchev–Trinajstić information content (AvgIpc) is 2.81. The number of hydrogen-bond acceptors (Lipinski definition) is 2. The van der Waals surface area contributed by atoms with Gasteiger partial charge in [0.05, 0.1) is 12.8 Å². The molecule has 0 bridgehead atoms. The first-order valence-corrected chi connectivity index (χ1v) is 6.03. The summed E-state index contributed by atoms with van der Waals surface area (Å²) in [6.45, 7) is 2.77. The van der Waals surface area contributed by atoms with Gasteiger partial charge in [0.2, 0.25) is 5.91 Å². The van der Waals surface area contributed by atoms with Crippen LogP contribution in [0.2, 0.25) is 0 Å². The molecule has 2 rings (SSSR count). The average molecular weight is 262 g/mol. The first kappa shape index (κ1) is 11.8. The lowest BCUT2D eigenvalue weighted by Crippen LogP contribution is -2.35. The molecule has 88 valence electrons. The summed E-state index contributed by atoms with van der Waals surface area (Å²) in [5, 5.41) is 0. The fourth-order valence-electron chi connectivity index (χ4n) is 1.92. The number of carbonyl (C=O) groups excluding carboxylic acids is 1. The molecule has 2 heterocycles. The molecule has 2 atom stereocenters. The first-order chi connectivity index (χ1) is 7.55. The fraction of sp³-hybridized carbons (Fsp3) is 0.545. The second kappa shape index (κ2) is 4.30. The summed E-state index contributed by atoms with van der Waals surface area (Å²) in [4.78, 5) is 12.8. The summed E-state index contributed by atoms with van der Waals surface area (Å²) in [6.07, 6.45) is 1.59. The maximum atomic E-state index is 12.0. The lowest BCUT2D eigenvalue weighted by molar-refractivity contribution is -0.130. The van der Waals surface area contributed by atoms with E-state index in [2.05, 4.69) is 0 Å². The van der Waals surface area contributed by atoms with Gasteiger partial charge in [0.25, 0.3) is 0 Å². The van der Waals surface area contributed by atoms with Crippen LogP contribution < -0.4 is 0 Å². The summed E-state index contributed by atoms with van der Waals surface area (Å²) >= 11 is 12.0. The number of furan rings is 1. The van der Waals surface area contributed by atoms with Gasteiger partial charge in [-0.25, -0.2) is 0 Å². The van der Waals surface area contributed by atoms with Crippen LogP contribution in [0.4, 0.5) is 0 Å². The minimum Gasteiger partial charge on any atom is -0.467 e. The third-order valence-corrected chi connectivity index (χ3v) is 3.87. The zero-order valence-electron chi connectivity index (χ0n) is 8.95. The second-order valence-electron chi connectivity index (χ2n) is 4.19. The minimum atomic E-state index is -0.881. The molecule has 1 aliphatic heterocycles. The number of amides is 1. The van der Waals surface area contributed by atoms with Crippen molar-refractivity contribution in [3.05, 3.63) is 24.2 Å². The molecule has 0 aromatic carbocycles. The SMILES string of the molecule is C[C@@]1(Cl)C(=O)N(Cc2ccco2)C[C@H]1CCl. The van der Waals surface area contributed by atoms with Crippen LogP contribution in [0.5, 0.6) is 0 Å². The third kappa shape index (κ3) is 1.94. The van der Waals surface area contributed by atoms with Crippen molar-refractivity contribution in [2.75, 3.05) is 12.4 Å². The molecule has 0 spiro atoms. The zero-order chi connectivity index (χ0) is 11.8.